The highest BCUT2D eigenvalue weighted by Gasteiger charge is 2.19. The molecule has 4 rings (SSSR count). The first-order chi connectivity index (χ1) is 14.0. The molecule has 1 amide bonds. The zero-order valence-corrected chi connectivity index (χ0v) is 16.2. The third kappa shape index (κ3) is 4.09. The van der Waals surface area contributed by atoms with Crippen molar-refractivity contribution < 1.29 is 23.8 Å². The Labute approximate surface area is 171 Å². The van der Waals surface area contributed by atoms with Crippen LogP contribution in [0.4, 0.5) is 0 Å². The average Bonchev–Trinajstić information content (AvgIpc) is 3.19. The SMILES string of the molecule is C[C@H](NC(=O)COC(=O)c1cc(Cl)nc2ccccc12)c1ccc2c(c1)OCO2. The topological polar surface area (TPSA) is 86.8 Å². The van der Waals surface area contributed by atoms with Gasteiger partial charge in [0.15, 0.2) is 18.1 Å². The molecule has 1 atom stereocenters. The highest BCUT2D eigenvalue weighted by atomic mass is 35.5. The van der Waals surface area contributed by atoms with Gasteiger partial charge in [-0.2, -0.15) is 0 Å². The molecule has 3 aromatic rings. The van der Waals surface area contributed by atoms with E-state index >= 15 is 0 Å². The number of hydrogen-bond donors (Lipinski definition) is 1. The number of fused-ring (bicyclic) bond motifs is 2. The van der Waals surface area contributed by atoms with Crippen molar-refractivity contribution in [2.75, 3.05) is 13.4 Å². The molecule has 29 heavy (non-hydrogen) atoms. The number of benzene rings is 2. The summed E-state index contributed by atoms with van der Waals surface area (Å²) < 4.78 is 15.8. The molecule has 0 saturated carbocycles. The van der Waals surface area contributed by atoms with Crippen molar-refractivity contribution in [3.63, 3.8) is 0 Å². The first kappa shape index (κ1) is 19.0. The van der Waals surface area contributed by atoms with E-state index in [1.807, 2.05) is 19.1 Å². The van der Waals surface area contributed by atoms with Crippen LogP contribution < -0.4 is 14.8 Å². The van der Waals surface area contributed by atoms with Crippen molar-refractivity contribution in [1.82, 2.24) is 10.3 Å². The zero-order chi connectivity index (χ0) is 20.4. The number of nitrogens with zero attached hydrogens (tertiary/aromatic N) is 1. The summed E-state index contributed by atoms with van der Waals surface area (Å²) in [6.07, 6.45) is 0. The fourth-order valence-corrected chi connectivity index (χ4v) is 3.27. The Bertz CT molecular complexity index is 1100. The summed E-state index contributed by atoms with van der Waals surface area (Å²) in [7, 11) is 0. The number of nitrogens with one attached hydrogen (secondary N) is 1. The second kappa shape index (κ2) is 7.97. The molecule has 0 bridgehead atoms. The maximum Gasteiger partial charge on any atom is 0.339 e. The molecule has 8 heteroatoms. The molecular formula is C21H17ClN2O5. The number of ether oxygens (including phenoxy) is 3. The largest absolute Gasteiger partial charge is 0.454 e. The normalized spacial score (nSPS) is 13.2. The van der Waals surface area contributed by atoms with Crippen LogP contribution in [0.2, 0.25) is 5.15 Å². The number of carbonyl (C=O) groups is 2. The lowest BCUT2D eigenvalue weighted by Gasteiger charge is -2.15. The summed E-state index contributed by atoms with van der Waals surface area (Å²) in [5, 5.41) is 3.58. The van der Waals surface area contributed by atoms with Gasteiger partial charge in [0, 0.05) is 5.39 Å². The number of esters is 1. The molecule has 0 fully saturated rings. The summed E-state index contributed by atoms with van der Waals surface area (Å²) >= 11 is 5.99. The molecule has 2 heterocycles. The van der Waals surface area contributed by atoms with E-state index in [4.69, 9.17) is 25.8 Å². The van der Waals surface area contributed by atoms with Crippen LogP contribution in [0.3, 0.4) is 0 Å². The van der Waals surface area contributed by atoms with E-state index in [1.165, 1.54) is 6.07 Å². The maximum atomic E-state index is 12.5. The molecule has 0 saturated heterocycles. The molecule has 1 aliphatic rings. The van der Waals surface area contributed by atoms with Gasteiger partial charge in [0.2, 0.25) is 6.79 Å². The van der Waals surface area contributed by atoms with Gasteiger partial charge in [-0.25, -0.2) is 9.78 Å². The van der Waals surface area contributed by atoms with Gasteiger partial charge in [-0.3, -0.25) is 4.79 Å². The lowest BCUT2D eigenvalue weighted by Crippen LogP contribution is -2.31. The second-order valence-electron chi connectivity index (χ2n) is 6.49. The number of hydrogen-bond acceptors (Lipinski definition) is 6. The minimum atomic E-state index is -0.642. The fraction of sp³-hybridized carbons (Fsp3) is 0.190. The zero-order valence-electron chi connectivity index (χ0n) is 15.5. The van der Waals surface area contributed by atoms with Gasteiger partial charge in [-0.15, -0.1) is 0 Å². The number of halogens is 1. The van der Waals surface area contributed by atoms with Gasteiger partial charge >= 0.3 is 5.97 Å². The van der Waals surface area contributed by atoms with E-state index in [1.54, 1.807) is 30.3 Å². The lowest BCUT2D eigenvalue weighted by atomic mass is 10.1. The average molecular weight is 413 g/mol. The number of rotatable bonds is 5. The van der Waals surface area contributed by atoms with Gasteiger partial charge in [-0.1, -0.05) is 35.9 Å². The summed E-state index contributed by atoms with van der Waals surface area (Å²) in [5.74, 6) is 0.241. The molecule has 2 aromatic carbocycles. The van der Waals surface area contributed by atoms with Crippen molar-refractivity contribution in [2.24, 2.45) is 0 Å². The highest BCUT2D eigenvalue weighted by Crippen LogP contribution is 2.34. The monoisotopic (exact) mass is 412 g/mol. The Balaban J connectivity index is 1.39. The summed E-state index contributed by atoms with van der Waals surface area (Å²) in [5.41, 5.74) is 1.69. The third-order valence-electron chi connectivity index (χ3n) is 4.51. The van der Waals surface area contributed by atoms with Crippen molar-refractivity contribution in [1.29, 1.82) is 0 Å². The molecule has 0 aliphatic carbocycles. The number of amides is 1. The minimum Gasteiger partial charge on any atom is -0.454 e. The smallest absolute Gasteiger partial charge is 0.339 e. The number of aromatic nitrogens is 1. The Kier molecular flexibility index (Phi) is 5.22. The standard InChI is InChI=1S/C21H17ClN2O5/c1-12(13-6-7-17-18(8-13)29-11-28-17)23-20(25)10-27-21(26)15-9-19(22)24-16-5-3-2-4-14(15)16/h2-9,12H,10-11H2,1H3,(H,23,25)/t12-/m0/s1. The summed E-state index contributed by atoms with van der Waals surface area (Å²) in [6.45, 7) is 1.60. The predicted molar refractivity (Wildman–Crippen MR) is 106 cm³/mol. The maximum absolute atomic E-state index is 12.5. The highest BCUT2D eigenvalue weighted by molar-refractivity contribution is 6.30. The summed E-state index contributed by atoms with van der Waals surface area (Å²) in [4.78, 5) is 28.9. The predicted octanol–water partition coefficient (Wildman–Crippen LogP) is 3.65. The summed E-state index contributed by atoms with van der Waals surface area (Å²) in [6, 6.07) is 13.7. The molecule has 0 spiro atoms. The molecule has 0 radical (unpaired) electrons. The van der Waals surface area contributed by atoms with Crippen LogP contribution in [0.5, 0.6) is 11.5 Å². The molecule has 1 N–H and O–H groups in total. The van der Waals surface area contributed by atoms with Crippen molar-refractivity contribution in [2.45, 2.75) is 13.0 Å². The van der Waals surface area contributed by atoms with Gasteiger partial charge in [0.1, 0.15) is 5.15 Å². The van der Waals surface area contributed by atoms with Gasteiger partial charge in [0.05, 0.1) is 17.1 Å². The lowest BCUT2D eigenvalue weighted by molar-refractivity contribution is -0.124. The molecule has 1 aromatic heterocycles. The Morgan fingerprint density at radius 2 is 1.97 bits per heavy atom. The quantitative estimate of drug-likeness (QED) is 0.508. The van der Waals surface area contributed by atoms with Crippen molar-refractivity contribution >= 4 is 34.4 Å². The second-order valence-corrected chi connectivity index (χ2v) is 6.87. The van der Waals surface area contributed by atoms with E-state index in [0.29, 0.717) is 22.4 Å². The van der Waals surface area contributed by atoms with Crippen LogP contribution in [0.25, 0.3) is 10.9 Å². The first-order valence-corrected chi connectivity index (χ1v) is 9.30. The minimum absolute atomic E-state index is 0.177. The Hall–Kier alpha value is -3.32. The van der Waals surface area contributed by atoms with Gasteiger partial charge < -0.3 is 19.5 Å². The van der Waals surface area contributed by atoms with Crippen LogP contribution >= 0.6 is 11.6 Å². The van der Waals surface area contributed by atoms with Crippen LogP contribution in [-0.4, -0.2) is 30.3 Å². The van der Waals surface area contributed by atoms with E-state index in [2.05, 4.69) is 10.3 Å². The van der Waals surface area contributed by atoms with Crippen LogP contribution in [0, 0.1) is 0 Å². The first-order valence-electron chi connectivity index (χ1n) is 8.92. The van der Waals surface area contributed by atoms with E-state index < -0.39 is 18.5 Å². The third-order valence-corrected chi connectivity index (χ3v) is 4.71. The Morgan fingerprint density at radius 1 is 1.17 bits per heavy atom. The molecular weight excluding hydrogens is 396 g/mol. The van der Waals surface area contributed by atoms with E-state index in [0.717, 1.165) is 5.56 Å². The van der Waals surface area contributed by atoms with E-state index in [-0.39, 0.29) is 23.6 Å². The van der Waals surface area contributed by atoms with Crippen LogP contribution in [0.1, 0.15) is 28.9 Å². The molecule has 1 aliphatic heterocycles. The van der Waals surface area contributed by atoms with E-state index in [9.17, 15) is 9.59 Å². The molecule has 148 valence electrons. The molecule has 0 unspecified atom stereocenters. The van der Waals surface area contributed by atoms with Crippen molar-refractivity contribution in [3.8, 4) is 11.5 Å². The Morgan fingerprint density at radius 3 is 2.83 bits per heavy atom. The van der Waals surface area contributed by atoms with Crippen LogP contribution in [-0.2, 0) is 9.53 Å². The number of pyridine rings is 1. The van der Waals surface area contributed by atoms with Gasteiger partial charge in [-0.05, 0) is 36.8 Å². The molecule has 7 nitrogen and oxygen atoms in total. The number of para-hydroxylation sites is 1. The van der Waals surface area contributed by atoms with Crippen molar-refractivity contribution in [3.05, 3.63) is 64.8 Å². The van der Waals surface area contributed by atoms with Gasteiger partial charge in [0.25, 0.3) is 5.91 Å². The number of carbonyl (C=O) groups excluding carboxylic acids is 2. The fourth-order valence-electron chi connectivity index (χ4n) is 3.07. The van der Waals surface area contributed by atoms with Crippen LogP contribution in [0.15, 0.2) is 48.5 Å².